The highest BCUT2D eigenvalue weighted by atomic mass is 16.5. The molecular formula is C14H26O. The van der Waals surface area contributed by atoms with E-state index in [0.29, 0.717) is 5.41 Å². The van der Waals surface area contributed by atoms with E-state index in [-0.39, 0.29) is 0 Å². The summed E-state index contributed by atoms with van der Waals surface area (Å²) in [5.74, 6) is 3.56. The lowest BCUT2D eigenvalue weighted by atomic mass is 9.57. The second-order valence-electron chi connectivity index (χ2n) is 6.49. The minimum Gasteiger partial charge on any atom is -0.380 e. The first-order valence-corrected chi connectivity index (χ1v) is 6.63. The van der Waals surface area contributed by atoms with Gasteiger partial charge in [-0.3, -0.25) is 0 Å². The Morgan fingerprint density at radius 2 is 1.67 bits per heavy atom. The highest BCUT2D eigenvalue weighted by Gasteiger charge is 2.50. The lowest BCUT2D eigenvalue weighted by Gasteiger charge is -2.54. The molecule has 2 aliphatic rings. The van der Waals surface area contributed by atoms with Crippen LogP contribution in [0.1, 0.15) is 47.0 Å². The van der Waals surface area contributed by atoms with Crippen molar-refractivity contribution in [1.82, 2.24) is 0 Å². The van der Waals surface area contributed by atoms with Gasteiger partial charge in [-0.2, -0.15) is 0 Å². The third-order valence-corrected chi connectivity index (χ3v) is 4.83. The van der Waals surface area contributed by atoms with Crippen molar-refractivity contribution >= 4 is 0 Å². The number of hydrogen-bond donors (Lipinski definition) is 0. The summed E-state index contributed by atoms with van der Waals surface area (Å²) in [5.41, 5.74) is 0.571. The second-order valence-corrected chi connectivity index (χ2v) is 6.49. The molecule has 0 radical (unpaired) electrons. The van der Waals surface area contributed by atoms with E-state index in [4.69, 9.17) is 4.74 Å². The maximum Gasteiger partial charge on any atom is 0.0547 e. The second kappa shape index (κ2) is 4.08. The van der Waals surface area contributed by atoms with Crippen molar-refractivity contribution in [3.63, 3.8) is 0 Å². The van der Waals surface area contributed by atoms with Gasteiger partial charge in [-0.15, -0.1) is 0 Å². The molecule has 1 nitrogen and oxygen atoms in total. The van der Waals surface area contributed by atoms with Gasteiger partial charge in [0.05, 0.1) is 13.2 Å². The summed E-state index contributed by atoms with van der Waals surface area (Å²) >= 11 is 0. The smallest absolute Gasteiger partial charge is 0.0547 e. The molecule has 1 saturated carbocycles. The molecule has 0 aromatic carbocycles. The maximum absolute atomic E-state index is 5.52. The predicted molar refractivity (Wildman–Crippen MR) is 63.8 cm³/mol. The Morgan fingerprint density at radius 1 is 1.00 bits per heavy atom. The molecule has 2 fully saturated rings. The SMILES string of the molecule is CC(C)C1CCC(C(C)C)C2(COC2)C1. The molecule has 1 heterocycles. The van der Waals surface area contributed by atoms with Crippen molar-refractivity contribution in [3.05, 3.63) is 0 Å². The summed E-state index contributed by atoms with van der Waals surface area (Å²) in [6, 6.07) is 0. The Hall–Kier alpha value is -0.0400. The fraction of sp³-hybridized carbons (Fsp3) is 1.00. The van der Waals surface area contributed by atoms with Crippen LogP contribution in [0.15, 0.2) is 0 Å². The van der Waals surface area contributed by atoms with Crippen molar-refractivity contribution in [3.8, 4) is 0 Å². The summed E-state index contributed by atoms with van der Waals surface area (Å²) < 4.78 is 5.52. The van der Waals surface area contributed by atoms with Crippen molar-refractivity contribution in [2.24, 2.45) is 29.1 Å². The maximum atomic E-state index is 5.52. The lowest BCUT2D eigenvalue weighted by Crippen LogP contribution is -2.53. The molecule has 15 heavy (non-hydrogen) atoms. The molecule has 1 aliphatic heterocycles. The highest BCUT2D eigenvalue weighted by molar-refractivity contribution is 4.98. The number of rotatable bonds is 2. The van der Waals surface area contributed by atoms with E-state index in [0.717, 1.165) is 36.9 Å². The van der Waals surface area contributed by atoms with E-state index in [1.165, 1.54) is 19.3 Å². The van der Waals surface area contributed by atoms with E-state index in [1.807, 2.05) is 0 Å². The standard InChI is InChI=1S/C14H26O/c1-10(2)12-5-6-13(11(3)4)14(7-12)8-15-9-14/h10-13H,5-9H2,1-4H3. The van der Waals surface area contributed by atoms with Crippen LogP contribution in [0.3, 0.4) is 0 Å². The normalized spacial score (nSPS) is 34.8. The number of ether oxygens (including phenoxy) is 1. The topological polar surface area (TPSA) is 9.23 Å². The van der Waals surface area contributed by atoms with Crippen LogP contribution in [0.5, 0.6) is 0 Å². The van der Waals surface area contributed by atoms with E-state index >= 15 is 0 Å². The largest absolute Gasteiger partial charge is 0.380 e. The zero-order valence-corrected chi connectivity index (χ0v) is 10.8. The van der Waals surface area contributed by atoms with Crippen LogP contribution >= 0.6 is 0 Å². The third kappa shape index (κ3) is 1.95. The summed E-state index contributed by atoms with van der Waals surface area (Å²) in [4.78, 5) is 0. The van der Waals surface area contributed by atoms with Gasteiger partial charge in [-0.1, -0.05) is 27.7 Å². The molecule has 0 aromatic heterocycles. The zero-order chi connectivity index (χ0) is 11.1. The summed E-state index contributed by atoms with van der Waals surface area (Å²) in [6.45, 7) is 11.6. The fourth-order valence-electron chi connectivity index (χ4n) is 3.78. The van der Waals surface area contributed by atoms with Gasteiger partial charge in [0, 0.05) is 5.41 Å². The van der Waals surface area contributed by atoms with Gasteiger partial charge in [0.15, 0.2) is 0 Å². The summed E-state index contributed by atoms with van der Waals surface area (Å²) in [5, 5.41) is 0. The van der Waals surface area contributed by atoms with E-state index in [9.17, 15) is 0 Å². The van der Waals surface area contributed by atoms with Gasteiger partial charge in [0.2, 0.25) is 0 Å². The van der Waals surface area contributed by atoms with Crippen molar-refractivity contribution in [1.29, 1.82) is 0 Å². The van der Waals surface area contributed by atoms with Crippen LogP contribution in [-0.4, -0.2) is 13.2 Å². The van der Waals surface area contributed by atoms with Crippen LogP contribution in [0.2, 0.25) is 0 Å². The third-order valence-electron chi connectivity index (χ3n) is 4.83. The van der Waals surface area contributed by atoms with Crippen LogP contribution in [0.25, 0.3) is 0 Å². The summed E-state index contributed by atoms with van der Waals surface area (Å²) in [6.07, 6.45) is 4.31. The molecule has 88 valence electrons. The summed E-state index contributed by atoms with van der Waals surface area (Å²) in [7, 11) is 0. The van der Waals surface area contributed by atoms with Gasteiger partial charge >= 0.3 is 0 Å². The Labute approximate surface area is 94.6 Å². The van der Waals surface area contributed by atoms with Crippen LogP contribution < -0.4 is 0 Å². The number of hydrogen-bond acceptors (Lipinski definition) is 1. The minimum absolute atomic E-state index is 0.571. The highest BCUT2D eigenvalue weighted by Crippen LogP contribution is 2.52. The molecule has 2 atom stereocenters. The molecule has 1 heteroatoms. The fourth-order valence-corrected chi connectivity index (χ4v) is 3.78. The first-order chi connectivity index (χ1) is 7.05. The quantitative estimate of drug-likeness (QED) is 0.675. The molecule has 1 saturated heterocycles. The van der Waals surface area contributed by atoms with Crippen molar-refractivity contribution in [2.45, 2.75) is 47.0 Å². The Morgan fingerprint density at radius 3 is 2.07 bits per heavy atom. The van der Waals surface area contributed by atoms with Crippen LogP contribution in [0.4, 0.5) is 0 Å². The first kappa shape index (κ1) is 11.4. The molecule has 1 aliphatic carbocycles. The van der Waals surface area contributed by atoms with Crippen LogP contribution in [-0.2, 0) is 4.74 Å². The molecule has 1 spiro atoms. The molecule has 0 N–H and O–H groups in total. The van der Waals surface area contributed by atoms with E-state index in [2.05, 4.69) is 27.7 Å². The molecular weight excluding hydrogens is 184 g/mol. The first-order valence-electron chi connectivity index (χ1n) is 6.63. The van der Waals surface area contributed by atoms with Crippen molar-refractivity contribution < 1.29 is 4.74 Å². The van der Waals surface area contributed by atoms with Crippen LogP contribution in [0, 0.1) is 29.1 Å². The lowest BCUT2D eigenvalue weighted by molar-refractivity contribution is -0.184. The monoisotopic (exact) mass is 210 g/mol. The van der Waals surface area contributed by atoms with Crippen molar-refractivity contribution in [2.75, 3.05) is 13.2 Å². The van der Waals surface area contributed by atoms with E-state index < -0.39 is 0 Å². The van der Waals surface area contributed by atoms with Gasteiger partial charge in [-0.05, 0) is 42.9 Å². The Kier molecular flexibility index (Phi) is 3.12. The molecule has 0 aromatic rings. The molecule has 0 bridgehead atoms. The molecule has 2 unspecified atom stereocenters. The average molecular weight is 210 g/mol. The molecule has 2 rings (SSSR count). The van der Waals surface area contributed by atoms with E-state index in [1.54, 1.807) is 0 Å². The van der Waals surface area contributed by atoms with Gasteiger partial charge in [0.25, 0.3) is 0 Å². The average Bonchev–Trinajstić information content (AvgIpc) is 2.14. The van der Waals surface area contributed by atoms with Gasteiger partial charge < -0.3 is 4.74 Å². The van der Waals surface area contributed by atoms with Gasteiger partial charge in [-0.25, -0.2) is 0 Å². The Bertz CT molecular complexity index is 215. The Balaban J connectivity index is 2.07. The molecule has 0 amide bonds. The van der Waals surface area contributed by atoms with Gasteiger partial charge in [0.1, 0.15) is 0 Å². The minimum atomic E-state index is 0.571. The predicted octanol–water partition coefficient (Wildman–Crippen LogP) is 3.73. The zero-order valence-electron chi connectivity index (χ0n) is 10.8.